The van der Waals surface area contributed by atoms with Gasteiger partial charge in [0.2, 0.25) is 5.91 Å². The van der Waals surface area contributed by atoms with Crippen LogP contribution in [0.4, 0.5) is 0 Å². The number of nitrogens with two attached hydrogens (primary N) is 1. The van der Waals surface area contributed by atoms with Crippen LogP contribution in [0, 0.1) is 0 Å². The van der Waals surface area contributed by atoms with Crippen LogP contribution in [-0.2, 0) is 16.1 Å². The van der Waals surface area contributed by atoms with Gasteiger partial charge in [0, 0.05) is 14.2 Å². The molecule has 0 aromatic heterocycles. The molecule has 7 heteroatoms. The van der Waals surface area contributed by atoms with Crippen molar-refractivity contribution in [3.8, 4) is 11.5 Å². The van der Waals surface area contributed by atoms with Crippen molar-refractivity contribution < 1.29 is 19.0 Å². The van der Waals surface area contributed by atoms with Gasteiger partial charge in [-0.2, -0.15) is 0 Å². The number of amides is 1. The van der Waals surface area contributed by atoms with Gasteiger partial charge in [-0.1, -0.05) is 30.3 Å². The fraction of sp³-hybridized carbons (Fsp3) is 0.350. The van der Waals surface area contributed by atoms with Gasteiger partial charge in [0.15, 0.2) is 0 Å². The Morgan fingerprint density at radius 2 is 1.63 bits per heavy atom. The standard InChI is InChI=1S/C20H26N2O4.ClH/c1-22(20(23)19(21)15-24-2)12-13-25-17-8-10-18(11-9-17)26-14-16-6-4-3-5-7-16;/h3-11,19H,12-15,21H2,1-2H3;1H. The number of halogens is 1. The third kappa shape index (κ3) is 7.86. The van der Waals surface area contributed by atoms with E-state index in [1.54, 1.807) is 11.9 Å². The molecule has 0 aliphatic rings. The third-order valence-corrected chi connectivity index (χ3v) is 3.81. The van der Waals surface area contributed by atoms with Crippen LogP contribution < -0.4 is 15.2 Å². The maximum atomic E-state index is 12.0. The molecule has 0 fully saturated rings. The summed E-state index contributed by atoms with van der Waals surface area (Å²) in [5.41, 5.74) is 6.85. The summed E-state index contributed by atoms with van der Waals surface area (Å²) in [5, 5.41) is 0. The summed E-state index contributed by atoms with van der Waals surface area (Å²) >= 11 is 0. The molecule has 1 amide bonds. The van der Waals surface area contributed by atoms with Crippen LogP contribution in [0.3, 0.4) is 0 Å². The SMILES string of the molecule is COCC(N)C(=O)N(C)CCOc1ccc(OCc2ccccc2)cc1.Cl. The highest BCUT2D eigenvalue weighted by atomic mass is 35.5. The first-order chi connectivity index (χ1) is 12.6. The molecule has 1 atom stereocenters. The third-order valence-electron chi connectivity index (χ3n) is 3.81. The highest BCUT2D eigenvalue weighted by molar-refractivity contribution is 5.85. The molecule has 0 bridgehead atoms. The van der Waals surface area contributed by atoms with Crippen molar-refractivity contribution in [1.82, 2.24) is 4.90 Å². The van der Waals surface area contributed by atoms with E-state index in [0.717, 1.165) is 17.1 Å². The predicted octanol–water partition coefficient (Wildman–Crippen LogP) is 2.50. The van der Waals surface area contributed by atoms with Crippen LogP contribution in [-0.4, -0.2) is 50.8 Å². The largest absolute Gasteiger partial charge is 0.492 e. The molecular weight excluding hydrogens is 368 g/mol. The van der Waals surface area contributed by atoms with Crippen molar-refractivity contribution in [1.29, 1.82) is 0 Å². The van der Waals surface area contributed by atoms with E-state index in [9.17, 15) is 4.79 Å². The summed E-state index contributed by atoms with van der Waals surface area (Å²) in [5.74, 6) is 1.33. The molecule has 0 saturated heterocycles. The van der Waals surface area contributed by atoms with E-state index in [2.05, 4.69) is 0 Å². The van der Waals surface area contributed by atoms with Gasteiger partial charge in [0.1, 0.15) is 30.8 Å². The van der Waals surface area contributed by atoms with Crippen molar-refractivity contribution in [3.05, 3.63) is 60.2 Å². The van der Waals surface area contributed by atoms with Gasteiger partial charge in [-0.25, -0.2) is 0 Å². The second kappa shape index (κ2) is 12.2. The zero-order valence-electron chi connectivity index (χ0n) is 15.7. The maximum absolute atomic E-state index is 12.0. The molecule has 148 valence electrons. The fourth-order valence-corrected chi connectivity index (χ4v) is 2.32. The number of likely N-dealkylation sites (N-methyl/N-ethyl adjacent to an activating group) is 1. The number of rotatable bonds is 10. The Labute approximate surface area is 166 Å². The second-order valence-electron chi connectivity index (χ2n) is 5.92. The average molecular weight is 395 g/mol. The first kappa shape index (κ1) is 22.8. The molecule has 0 heterocycles. The van der Waals surface area contributed by atoms with Crippen molar-refractivity contribution in [3.63, 3.8) is 0 Å². The van der Waals surface area contributed by atoms with Gasteiger partial charge in [-0.3, -0.25) is 4.79 Å². The molecule has 2 aromatic rings. The van der Waals surface area contributed by atoms with Crippen molar-refractivity contribution in [2.75, 3.05) is 33.9 Å². The Hall–Kier alpha value is -2.28. The van der Waals surface area contributed by atoms with E-state index < -0.39 is 6.04 Å². The summed E-state index contributed by atoms with van der Waals surface area (Å²) in [6.07, 6.45) is 0. The van der Waals surface area contributed by atoms with Crippen LogP contribution in [0.1, 0.15) is 5.56 Å². The van der Waals surface area contributed by atoms with Crippen LogP contribution in [0.5, 0.6) is 11.5 Å². The van der Waals surface area contributed by atoms with Crippen molar-refractivity contribution >= 4 is 18.3 Å². The zero-order chi connectivity index (χ0) is 18.8. The Kier molecular flexibility index (Phi) is 10.3. The molecule has 1 unspecified atom stereocenters. The summed E-state index contributed by atoms with van der Waals surface area (Å²) in [6, 6.07) is 16.8. The van der Waals surface area contributed by atoms with E-state index in [1.165, 1.54) is 7.11 Å². The van der Waals surface area contributed by atoms with Crippen LogP contribution in [0.25, 0.3) is 0 Å². The van der Waals surface area contributed by atoms with Crippen molar-refractivity contribution in [2.24, 2.45) is 5.73 Å². The van der Waals surface area contributed by atoms with Crippen LogP contribution in [0.15, 0.2) is 54.6 Å². The topological polar surface area (TPSA) is 74.0 Å². The lowest BCUT2D eigenvalue weighted by molar-refractivity contribution is -0.132. The van der Waals surface area contributed by atoms with Gasteiger partial charge in [-0.15, -0.1) is 12.4 Å². The number of carbonyl (C=O) groups is 1. The number of benzene rings is 2. The van der Waals surface area contributed by atoms with E-state index >= 15 is 0 Å². The molecule has 6 nitrogen and oxygen atoms in total. The normalized spacial score (nSPS) is 11.2. The number of hydrogen-bond donors (Lipinski definition) is 1. The lowest BCUT2D eigenvalue weighted by Crippen LogP contribution is -2.45. The number of methoxy groups -OCH3 is 1. The minimum atomic E-state index is -0.647. The van der Waals surface area contributed by atoms with Gasteiger partial charge in [-0.05, 0) is 29.8 Å². The lowest BCUT2D eigenvalue weighted by Gasteiger charge is -2.21. The summed E-state index contributed by atoms with van der Waals surface area (Å²) in [4.78, 5) is 13.5. The summed E-state index contributed by atoms with van der Waals surface area (Å²) < 4.78 is 16.3. The van der Waals surface area contributed by atoms with E-state index in [0.29, 0.717) is 19.8 Å². The molecule has 0 aliphatic carbocycles. The van der Waals surface area contributed by atoms with E-state index in [1.807, 2.05) is 54.6 Å². The van der Waals surface area contributed by atoms with Crippen LogP contribution >= 0.6 is 12.4 Å². The minimum Gasteiger partial charge on any atom is -0.492 e. The smallest absolute Gasteiger partial charge is 0.241 e. The number of ether oxygens (including phenoxy) is 3. The number of carbonyl (C=O) groups excluding carboxylic acids is 1. The quantitative estimate of drug-likeness (QED) is 0.670. The first-order valence-corrected chi connectivity index (χ1v) is 8.49. The number of nitrogens with zero attached hydrogens (tertiary/aromatic N) is 1. The first-order valence-electron chi connectivity index (χ1n) is 8.49. The minimum absolute atomic E-state index is 0. The molecule has 2 N–H and O–H groups in total. The van der Waals surface area contributed by atoms with Gasteiger partial charge in [0.05, 0.1) is 13.2 Å². The highest BCUT2D eigenvalue weighted by Crippen LogP contribution is 2.18. The molecule has 2 rings (SSSR count). The molecular formula is C20H27ClN2O4. The van der Waals surface area contributed by atoms with Gasteiger partial charge in [0.25, 0.3) is 0 Å². The molecule has 0 radical (unpaired) electrons. The second-order valence-corrected chi connectivity index (χ2v) is 5.92. The Bertz CT molecular complexity index is 667. The molecule has 27 heavy (non-hydrogen) atoms. The highest BCUT2D eigenvalue weighted by Gasteiger charge is 2.17. The Morgan fingerprint density at radius 3 is 2.22 bits per heavy atom. The molecule has 0 spiro atoms. The van der Waals surface area contributed by atoms with Crippen LogP contribution in [0.2, 0.25) is 0 Å². The molecule has 0 aliphatic heterocycles. The maximum Gasteiger partial charge on any atom is 0.241 e. The Morgan fingerprint density at radius 1 is 1.04 bits per heavy atom. The number of hydrogen-bond acceptors (Lipinski definition) is 5. The van der Waals surface area contributed by atoms with Gasteiger partial charge >= 0.3 is 0 Å². The summed E-state index contributed by atoms with van der Waals surface area (Å²) in [7, 11) is 3.21. The monoisotopic (exact) mass is 394 g/mol. The average Bonchev–Trinajstić information content (AvgIpc) is 2.67. The fourth-order valence-electron chi connectivity index (χ4n) is 2.32. The predicted molar refractivity (Wildman–Crippen MR) is 107 cm³/mol. The molecule has 2 aromatic carbocycles. The van der Waals surface area contributed by atoms with E-state index in [-0.39, 0.29) is 24.9 Å². The zero-order valence-corrected chi connectivity index (χ0v) is 16.5. The Balaban J connectivity index is 0.00000364. The van der Waals surface area contributed by atoms with E-state index in [4.69, 9.17) is 19.9 Å². The van der Waals surface area contributed by atoms with Crippen molar-refractivity contribution in [2.45, 2.75) is 12.6 Å². The lowest BCUT2D eigenvalue weighted by atomic mass is 10.2. The summed E-state index contributed by atoms with van der Waals surface area (Å²) in [6.45, 7) is 1.55. The van der Waals surface area contributed by atoms with Gasteiger partial charge < -0.3 is 24.8 Å². The molecule has 0 saturated carbocycles.